The molecule has 26 heavy (non-hydrogen) atoms. The standard InChI is InChI=1S/C21H31NO4/c1-14(12-21(3,4)19-9-8-15(2)26-19)22-13-16-10-17(23-5)20(25-7)18(11-16)24-6/h8-11,14,22H,12-13H2,1-7H3/t14-/m1/s1. The highest BCUT2D eigenvalue weighted by atomic mass is 16.5. The van der Waals surface area contributed by atoms with Crippen molar-refractivity contribution in [2.75, 3.05) is 21.3 Å². The Morgan fingerprint density at radius 1 is 1.04 bits per heavy atom. The molecule has 1 aromatic heterocycles. The van der Waals surface area contributed by atoms with E-state index in [9.17, 15) is 0 Å². The minimum Gasteiger partial charge on any atom is -0.493 e. The number of hydrogen-bond acceptors (Lipinski definition) is 5. The Balaban J connectivity index is 2.03. The highest BCUT2D eigenvalue weighted by Gasteiger charge is 2.26. The normalized spacial score (nSPS) is 12.7. The SMILES string of the molecule is COc1cc(CN[C@H](C)CC(C)(C)c2ccc(C)o2)cc(OC)c1OC. The molecule has 0 amide bonds. The fourth-order valence-corrected chi connectivity index (χ4v) is 3.27. The number of rotatable bonds is 9. The third-order valence-electron chi connectivity index (χ3n) is 4.60. The Labute approximate surface area is 156 Å². The minimum atomic E-state index is -0.0318. The van der Waals surface area contributed by atoms with Gasteiger partial charge in [-0.3, -0.25) is 0 Å². The molecule has 5 nitrogen and oxygen atoms in total. The molecular weight excluding hydrogens is 330 g/mol. The fraction of sp³-hybridized carbons (Fsp3) is 0.524. The van der Waals surface area contributed by atoms with Gasteiger partial charge in [-0.2, -0.15) is 0 Å². The molecule has 0 aliphatic rings. The average Bonchev–Trinajstić information content (AvgIpc) is 3.06. The molecule has 2 aromatic rings. The smallest absolute Gasteiger partial charge is 0.203 e. The maximum absolute atomic E-state index is 5.82. The van der Waals surface area contributed by atoms with Crippen molar-refractivity contribution in [2.45, 2.75) is 52.1 Å². The van der Waals surface area contributed by atoms with Crippen LogP contribution in [-0.4, -0.2) is 27.4 Å². The van der Waals surface area contributed by atoms with Crippen LogP contribution in [0.1, 0.15) is 44.3 Å². The Kier molecular flexibility index (Phi) is 6.59. The van der Waals surface area contributed by atoms with Crippen LogP contribution in [0.15, 0.2) is 28.7 Å². The lowest BCUT2D eigenvalue weighted by atomic mass is 9.83. The van der Waals surface area contributed by atoms with Crippen molar-refractivity contribution < 1.29 is 18.6 Å². The Bertz CT molecular complexity index is 696. The predicted octanol–water partition coefficient (Wildman–Crippen LogP) is 4.46. The molecule has 1 atom stereocenters. The molecule has 0 bridgehead atoms. The van der Waals surface area contributed by atoms with Crippen molar-refractivity contribution in [3.05, 3.63) is 41.3 Å². The molecule has 0 fully saturated rings. The molecule has 0 radical (unpaired) electrons. The molecule has 0 aliphatic carbocycles. The number of methoxy groups -OCH3 is 3. The van der Waals surface area contributed by atoms with Gasteiger partial charge in [0.25, 0.3) is 0 Å². The first-order valence-electron chi connectivity index (χ1n) is 8.90. The number of benzene rings is 1. The zero-order valence-electron chi connectivity index (χ0n) is 16.9. The summed E-state index contributed by atoms with van der Waals surface area (Å²) in [6.07, 6.45) is 0.963. The van der Waals surface area contributed by atoms with E-state index in [0.29, 0.717) is 29.8 Å². The summed E-state index contributed by atoms with van der Waals surface area (Å²) in [6, 6.07) is 8.35. The van der Waals surface area contributed by atoms with Gasteiger partial charge in [0, 0.05) is 18.0 Å². The second-order valence-electron chi connectivity index (χ2n) is 7.31. The first-order chi connectivity index (χ1) is 12.3. The van der Waals surface area contributed by atoms with E-state index in [-0.39, 0.29) is 5.41 Å². The number of ether oxygens (including phenoxy) is 3. The van der Waals surface area contributed by atoms with Crippen molar-refractivity contribution in [1.82, 2.24) is 5.32 Å². The van der Waals surface area contributed by atoms with Gasteiger partial charge in [-0.25, -0.2) is 0 Å². The molecule has 1 aromatic carbocycles. The first-order valence-corrected chi connectivity index (χ1v) is 8.90. The predicted molar refractivity (Wildman–Crippen MR) is 103 cm³/mol. The van der Waals surface area contributed by atoms with Crippen LogP contribution in [0.25, 0.3) is 0 Å². The molecule has 144 valence electrons. The summed E-state index contributed by atoms with van der Waals surface area (Å²) in [5.74, 6) is 3.93. The molecule has 2 rings (SSSR count). The number of nitrogens with one attached hydrogen (secondary N) is 1. The van der Waals surface area contributed by atoms with Crippen molar-refractivity contribution >= 4 is 0 Å². The summed E-state index contributed by atoms with van der Waals surface area (Å²) in [6.45, 7) is 9.30. The summed E-state index contributed by atoms with van der Waals surface area (Å²) >= 11 is 0. The lowest BCUT2D eigenvalue weighted by Gasteiger charge is -2.27. The Hall–Kier alpha value is -2.14. The van der Waals surface area contributed by atoms with E-state index in [0.717, 1.165) is 23.5 Å². The molecule has 1 N–H and O–H groups in total. The Morgan fingerprint density at radius 2 is 1.65 bits per heavy atom. The third kappa shape index (κ3) is 4.73. The zero-order valence-corrected chi connectivity index (χ0v) is 16.9. The van der Waals surface area contributed by atoms with Crippen LogP contribution in [0.5, 0.6) is 17.2 Å². The number of aryl methyl sites for hydroxylation is 1. The van der Waals surface area contributed by atoms with Crippen LogP contribution in [0.2, 0.25) is 0 Å². The summed E-state index contributed by atoms with van der Waals surface area (Å²) in [5.41, 5.74) is 1.05. The summed E-state index contributed by atoms with van der Waals surface area (Å²) in [4.78, 5) is 0. The van der Waals surface area contributed by atoms with Crippen LogP contribution in [-0.2, 0) is 12.0 Å². The van der Waals surface area contributed by atoms with Crippen LogP contribution >= 0.6 is 0 Å². The molecule has 0 saturated carbocycles. The van der Waals surface area contributed by atoms with Gasteiger partial charge in [0.2, 0.25) is 5.75 Å². The second-order valence-corrected chi connectivity index (χ2v) is 7.31. The van der Waals surface area contributed by atoms with Gasteiger partial charge >= 0.3 is 0 Å². The minimum absolute atomic E-state index is 0.0318. The maximum atomic E-state index is 5.82. The molecule has 0 spiro atoms. The summed E-state index contributed by atoms with van der Waals surface area (Å²) < 4.78 is 22.0. The quantitative estimate of drug-likeness (QED) is 0.715. The lowest BCUT2D eigenvalue weighted by molar-refractivity contribution is 0.316. The topological polar surface area (TPSA) is 52.9 Å². The van der Waals surface area contributed by atoms with E-state index < -0.39 is 0 Å². The van der Waals surface area contributed by atoms with Crippen molar-refractivity contribution in [3.8, 4) is 17.2 Å². The van der Waals surface area contributed by atoms with Gasteiger partial charge in [0.1, 0.15) is 11.5 Å². The van der Waals surface area contributed by atoms with E-state index in [4.69, 9.17) is 18.6 Å². The molecule has 5 heteroatoms. The zero-order chi connectivity index (χ0) is 19.3. The van der Waals surface area contributed by atoms with Crippen LogP contribution in [0.3, 0.4) is 0 Å². The van der Waals surface area contributed by atoms with Gasteiger partial charge < -0.3 is 23.9 Å². The number of furan rings is 1. The van der Waals surface area contributed by atoms with Gasteiger partial charge in [-0.15, -0.1) is 0 Å². The van der Waals surface area contributed by atoms with Crippen LogP contribution in [0.4, 0.5) is 0 Å². The van der Waals surface area contributed by atoms with Crippen molar-refractivity contribution in [2.24, 2.45) is 0 Å². The monoisotopic (exact) mass is 361 g/mol. The molecule has 0 aliphatic heterocycles. The van der Waals surface area contributed by atoms with Gasteiger partial charge in [0.15, 0.2) is 11.5 Å². The second kappa shape index (κ2) is 8.49. The van der Waals surface area contributed by atoms with Crippen LogP contribution in [0, 0.1) is 6.92 Å². The van der Waals surface area contributed by atoms with E-state index >= 15 is 0 Å². The number of hydrogen-bond donors (Lipinski definition) is 1. The van der Waals surface area contributed by atoms with Gasteiger partial charge in [-0.1, -0.05) is 13.8 Å². The van der Waals surface area contributed by atoms with Crippen LogP contribution < -0.4 is 19.5 Å². The lowest BCUT2D eigenvalue weighted by Crippen LogP contribution is -2.32. The first kappa shape index (κ1) is 20.2. The van der Waals surface area contributed by atoms with E-state index in [2.05, 4.69) is 32.2 Å². The van der Waals surface area contributed by atoms with Gasteiger partial charge in [0.05, 0.1) is 21.3 Å². The van der Waals surface area contributed by atoms with Gasteiger partial charge in [-0.05, 0) is 50.1 Å². The highest BCUT2D eigenvalue weighted by Crippen LogP contribution is 2.38. The Morgan fingerprint density at radius 3 is 2.12 bits per heavy atom. The maximum Gasteiger partial charge on any atom is 0.203 e. The summed E-state index contributed by atoms with van der Waals surface area (Å²) in [5, 5.41) is 3.58. The highest BCUT2D eigenvalue weighted by molar-refractivity contribution is 5.53. The van der Waals surface area contributed by atoms with E-state index in [1.807, 2.05) is 25.1 Å². The molecule has 1 heterocycles. The molecular formula is C21H31NO4. The van der Waals surface area contributed by atoms with Crippen molar-refractivity contribution in [3.63, 3.8) is 0 Å². The van der Waals surface area contributed by atoms with E-state index in [1.165, 1.54) is 0 Å². The third-order valence-corrected chi connectivity index (χ3v) is 4.60. The molecule has 0 saturated heterocycles. The fourth-order valence-electron chi connectivity index (χ4n) is 3.27. The molecule has 0 unspecified atom stereocenters. The largest absolute Gasteiger partial charge is 0.493 e. The summed E-state index contributed by atoms with van der Waals surface area (Å²) in [7, 11) is 4.87. The average molecular weight is 361 g/mol. The van der Waals surface area contributed by atoms with E-state index in [1.54, 1.807) is 21.3 Å². The van der Waals surface area contributed by atoms with Crippen molar-refractivity contribution in [1.29, 1.82) is 0 Å².